The van der Waals surface area contributed by atoms with Crippen molar-refractivity contribution in [2.45, 2.75) is 32.0 Å². The second-order valence-corrected chi connectivity index (χ2v) is 6.94. The van der Waals surface area contributed by atoms with Crippen LogP contribution in [0.25, 0.3) is 17.0 Å². The summed E-state index contributed by atoms with van der Waals surface area (Å²) < 4.78 is 22.1. The van der Waals surface area contributed by atoms with Gasteiger partial charge in [-0.05, 0) is 49.8 Å². The second-order valence-electron chi connectivity index (χ2n) is 6.94. The van der Waals surface area contributed by atoms with E-state index in [-0.39, 0.29) is 0 Å². The molecule has 3 aromatic rings. The fourth-order valence-electron chi connectivity index (χ4n) is 3.09. The van der Waals surface area contributed by atoms with Gasteiger partial charge < -0.3 is 18.3 Å². The molecule has 2 aromatic heterocycles. The Kier molecular flexibility index (Phi) is 4.11. The number of fused-ring (bicyclic) bond motifs is 2. The van der Waals surface area contributed by atoms with E-state index in [0.717, 1.165) is 10.9 Å². The molecule has 1 aliphatic heterocycles. The van der Waals surface area contributed by atoms with Crippen LogP contribution in [-0.4, -0.2) is 17.7 Å². The van der Waals surface area contributed by atoms with Gasteiger partial charge in [0.05, 0.1) is 6.26 Å². The van der Waals surface area contributed by atoms with Crippen LogP contribution < -0.4 is 10.4 Å². The van der Waals surface area contributed by atoms with Crippen LogP contribution in [0, 0.1) is 0 Å². The molecule has 1 atom stereocenters. The predicted octanol–water partition coefficient (Wildman–Crippen LogP) is 3.72. The van der Waals surface area contributed by atoms with E-state index in [0.29, 0.717) is 23.5 Å². The first-order valence-corrected chi connectivity index (χ1v) is 8.59. The smallest absolute Gasteiger partial charge is 0.336 e. The van der Waals surface area contributed by atoms with Crippen LogP contribution >= 0.6 is 0 Å². The van der Waals surface area contributed by atoms with Gasteiger partial charge in [-0.1, -0.05) is 0 Å². The lowest BCUT2D eigenvalue weighted by molar-refractivity contribution is -0.155. The SMILES string of the molecule is CC1(C)Oc2cc3oc(=O)ccc3cc2C[C@@H]1OC(=O)/C=C/c1ccco1. The molecule has 27 heavy (non-hydrogen) atoms. The molecular weight excluding hydrogens is 348 g/mol. The number of hydrogen-bond acceptors (Lipinski definition) is 6. The third kappa shape index (κ3) is 3.51. The summed E-state index contributed by atoms with van der Waals surface area (Å²) in [5.41, 5.74) is 0.217. The van der Waals surface area contributed by atoms with Gasteiger partial charge in [-0.25, -0.2) is 9.59 Å². The van der Waals surface area contributed by atoms with Gasteiger partial charge in [0.15, 0.2) is 0 Å². The van der Waals surface area contributed by atoms with Crippen LogP contribution in [-0.2, 0) is 16.0 Å². The number of carbonyl (C=O) groups excluding carboxylic acids is 1. The average molecular weight is 366 g/mol. The number of ether oxygens (including phenoxy) is 2. The molecule has 0 radical (unpaired) electrons. The molecule has 138 valence electrons. The highest BCUT2D eigenvalue weighted by Crippen LogP contribution is 2.37. The third-order valence-corrected chi connectivity index (χ3v) is 4.54. The van der Waals surface area contributed by atoms with Gasteiger partial charge in [-0.2, -0.15) is 0 Å². The molecule has 0 bridgehead atoms. The van der Waals surface area contributed by atoms with Gasteiger partial charge in [0.2, 0.25) is 0 Å². The fraction of sp³-hybridized carbons (Fsp3) is 0.238. The molecule has 6 heteroatoms. The number of furan rings is 1. The number of rotatable bonds is 3. The zero-order chi connectivity index (χ0) is 19.0. The largest absolute Gasteiger partial charge is 0.484 e. The molecule has 1 aliphatic rings. The first-order chi connectivity index (χ1) is 12.9. The van der Waals surface area contributed by atoms with E-state index in [1.54, 1.807) is 30.3 Å². The number of carbonyl (C=O) groups is 1. The zero-order valence-corrected chi connectivity index (χ0v) is 14.9. The quantitative estimate of drug-likeness (QED) is 0.399. The number of benzene rings is 1. The van der Waals surface area contributed by atoms with Gasteiger partial charge in [0.25, 0.3) is 0 Å². The Labute approximate surface area is 155 Å². The predicted molar refractivity (Wildman–Crippen MR) is 98.5 cm³/mol. The van der Waals surface area contributed by atoms with Crippen LogP contribution in [0.4, 0.5) is 0 Å². The Morgan fingerprint density at radius 2 is 2.11 bits per heavy atom. The molecule has 6 nitrogen and oxygen atoms in total. The Bertz CT molecular complexity index is 1070. The summed E-state index contributed by atoms with van der Waals surface area (Å²) in [4.78, 5) is 23.6. The first kappa shape index (κ1) is 17.1. The molecule has 0 spiro atoms. The number of esters is 1. The van der Waals surface area contributed by atoms with E-state index in [1.165, 1.54) is 18.4 Å². The molecule has 0 fully saturated rings. The van der Waals surface area contributed by atoms with E-state index >= 15 is 0 Å². The molecule has 4 rings (SSSR count). The minimum atomic E-state index is -0.732. The molecule has 1 aromatic carbocycles. The molecule has 0 saturated heterocycles. The van der Waals surface area contributed by atoms with E-state index in [4.69, 9.17) is 18.3 Å². The number of hydrogen-bond donors (Lipinski definition) is 0. The molecule has 0 N–H and O–H groups in total. The third-order valence-electron chi connectivity index (χ3n) is 4.54. The highest BCUT2D eigenvalue weighted by molar-refractivity contribution is 5.87. The van der Waals surface area contributed by atoms with Crippen molar-refractivity contribution in [2.24, 2.45) is 0 Å². The van der Waals surface area contributed by atoms with Crippen LogP contribution in [0.5, 0.6) is 5.75 Å². The summed E-state index contributed by atoms with van der Waals surface area (Å²) in [5.74, 6) is 0.730. The lowest BCUT2D eigenvalue weighted by atomic mass is 9.90. The topological polar surface area (TPSA) is 78.9 Å². The van der Waals surface area contributed by atoms with E-state index < -0.39 is 23.3 Å². The molecule has 0 unspecified atom stereocenters. The van der Waals surface area contributed by atoms with Crippen molar-refractivity contribution in [2.75, 3.05) is 0 Å². The van der Waals surface area contributed by atoms with Crippen LogP contribution in [0.15, 0.2) is 62.4 Å². The normalized spacial score (nSPS) is 18.2. The van der Waals surface area contributed by atoms with Gasteiger partial charge in [-0.15, -0.1) is 0 Å². The Morgan fingerprint density at radius 1 is 1.26 bits per heavy atom. The van der Waals surface area contributed by atoms with Gasteiger partial charge in [0.1, 0.15) is 28.8 Å². The zero-order valence-electron chi connectivity index (χ0n) is 14.9. The first-order valence-electron chi connectivity index (χ1n) is 8.59. The summed E-state index contributed by atoms with van der Waals surface area (Å²) in [5, 5.41) is 0.791. The molecule has 0 aliphatic carbocycles. The monoisotopic (exact) mass is 366 g/mol. The molecule has 0 saturated carbocycles. The molecule has 0 amide bonds. The fourth-order valence-corrected chi connectivity index (χ4v) is 3.09. The molecular formula is C21H18O6. The van der Waals surface area contributed by atoms with Crippen molar-refractivity contribution in [3.8, 4) is 5.75 Å². The standard InChI is InChI=1S/C21H18O6/c1-21(2)18(26-20(23)8-6-15-4-3-9-24-15)11-14-10-13-5-7-19(22)25-16(13)12-17(14)27-21/h3-10,12,18H,11H2,1-2H3/b8-6+/t18-/m0/s1. The van der Waals surface area contributed by atoms with Crippen molar-refractivity contribution in [3.05, 3.63) is 70.5 Å². The van der Waals surface area contributed by atoms with E-state index in [9.17, 15) is 9.59 Å². The molecule has 3 heterocycles. The summed E-state index contributed by atoms with van der Waals surface area (Å²) in [6.07, 6.45) is 4.46. The van der Waals surface area contributed by atoms with Crippen molar-refractivity contribution >= 4 is 23.0 Å². The van der Waals surface area contributed by atoms with E-state index in [2.05, 4.69) is 0 Å². The van der Waals surface area contributed by atoms with Crippen molar-refractivity contribution < 1.29 is 23.1 Å². The maximum Gasteiger partial charge on any atom is 0.336 e. The lowest BCUT2D eigenvalue weighted by Crippen LogP contribution is -2.48. The maximum atomic E-state index is 12.2. The van der Waals surface area contributed by atoms with Crippen molar-refractivity contribution in [1.29, 1.82) is 0 Å². The minimum absolute atomic E-state index is 0.410. The van der Waals surface area contributed by atoms with Gasteiger partial charge in [0, 0.05) is 30.0 Å². The van der Waals surface area contributed by atoms with Gasteiger partial charge in [-0.3, -0.25) is 0 Å². The Morgan fingerprint density at radius 3 is 2.89 bits per heavy atom. The summed E-state index contributed by atoms with van der Waals surface area (Å²) >= 11 is 0. The van der Waals surface area contributed by atoms with Crippen molar-refractivity contribution in [1.82, 2.24) is 0 Å². The summed E-state index contributed by atoms with van der Waals surface area (Å²) in [6.45, 7) is 3.71. The lowest BCUT2D eigenvalue weighted by Gasteiger charge is -2.39. The maximum absolute atomic E-state index is 12.2. The highest BCUT2D eigenvalue weighted by atomic mass is 16.6. The second kappa shape index (κ2) is 6.46. The average Bonchev–Trinajstić information content (AvgIpc) is 3.12. The summed E-state index contributed by atoms with van der Waals surface area (Å²) in [7, 11) is 0. The highest BCUT2D eigenvalue weighted by Gasteiger charge is 2.39. The van der Waals surface area contributed by atoms with Crippen LogP contribution in [0.2, 0.25) is 0 Å². The van der Waals surface area contributed by atoms with Crippen molar-refractivity contribution in [3.63, 3.8) is 0 Å². The van der Waals surface area contributed by atoms with Crippen LogP contribution in [0.1, 0.15) is 25.2 Å². The summed E-state index contributed by atoms with van der Waals surface area (Å²) in [6, 6.07) is 10.2. The van der Waals surface area contributed by atoms with Crippen LogP contribution in [0.3, 0.4) is 0 Å². The van der Waals surface area contributed by atoms with Gasteiger partial charge >= 0.3 is 11.6 Å². The minimum Gasteiger partial charge on any atom is -0.484 e. The Hall–Kier alpha value is -3.28. The van der Waals surface area contributed by atoms with E-state index in [1.807, 2.05) is 19.9 Å². The Balaban J connectivity index is 1.57.